The van der Waals surface area contributed by atoms with Gasteiger partial charge in [-0.25, -0.2) is 4.79 Å². The fourth-order valence-electron chi connectivity index (χ4n) is 2.75. The largest absolute Gasteiger partial charge is 0.489 e. The Morgan fingerprint density at radius 1 is 0.893 bits per heavy atom. The Morgan fingerprint density at radius 3 is 2.21 bits per heavy atom. The molecule has 3 rings (SSSR count). The van der Waals surface area contributed by atoms with Crippen molar-refractivity contribution in [3.05, 3.63) is 83.9 Å². The molecule has 0 saturated heterocycles. The van der Waals surface area contributed by atoms with Crippen molar-refractivity contribution >= 4 is 11.7 Å². The van der Waals surface area contributed by atoms with Crippen molar-refractivity contribution in [3.8, 4) is 16.9 Å². The Balaban J connectivity index is 1.76. The van der Waals surface area contributed by atoms with Gasteiger partial charge in [-0.3, -0.25) is 0 Å². The second-order valence-electron chi connectivity index (χ2n) is 7.64. The van der Waals surface area contributed by atoms with Crippen molar-refractivity contribution in [3.63, 3.8) is 0 Å². The normalized spacial score (nSPS) is 11.1. The molecule has 0 unspecified atom stereocenters. The molecule has 0 aliphatic rings. The highest BCUT2D eigenvalue weighted by Gasteiger charge is 2.17. The van der Waals surface area contributed by atoms with Crippen molar-refractivity contribution < 1.29 is 14.3 Å². The fraction of sp³-hybridized carbons (Fsp3) is 0.208. The number of nitrogens with two attached hydrogens (primary N) is 1. The van der Waals surface area contributed by atoms with Gasteiger partial charge < -0.3 is 15.2 Å². The minimum Gasteiger partial charge on any atom is -0.489 e. The van der Waals surface area contributed by atoms with Gasteiger partial charge in [0.2, 0.25) is 0 Å². The Labute approximate surface area is 165 Å². The quantitative estimate of drug-likeness (QED) is 0.474. The zero-order valence-electron chi connectivity index (χ0n) is 16.4. The first-order valence-corrected chi connectivity index (χ1v) is 9.21. The molecule has 0 heterocycles. The number of carbonyl (C=O) groups is 1. The van der Waals surface area contributed by atoms with Gasteiger partial charge in [0, 0.05) is 11.8 Å². The molecule has 0 aromatic heterocycles. The maximum absolute atomic E-state index is 12.2. The number of rotatable bonds is 5. The summed E-state index contributed by atoms with van der Waals surface area (Å²) in [6.07, 6.45) is 0. The van der Waals surface area contributed by atoms with Crippen LogP contribution in [0.15, 0.2) is 72.8 Å². The summed E-state index contributed by atoms with van der Waals surface area (Å²) in [6, 6.07) is 22.9. The van der Waals surface area contributed by atoms with Crippen molar-refractivity contribution in [1.29, 1.82) is 0 Å². The van der Waals surface area contributed by atoms with E-state index in [1.54, 1.807) is 12.1 Å². The predicted octanol–water partition coefficient (Wildman–Crippen LogP) is 5.47. The van der Waals surface area contributed by atoms with Crippen LogP contribution >= 0.6 is 0 Å². The van der Waals surface area contributed by atoms with Gasteiger partial charge in [-0.2, -0.15) is 0 Å². The monoisotopic (exact) mass is 375 g/mol. The van der Waals surface area contributed by atoms with Crippen molar-refractivity contribution in [2.24, 2.45) is 0 Å². The first-order valence-electron chi connectivity index (χ1n) is 9.21. The van der Waals surface area contributed by atoms with E-state index in [0.29, 0.717) is 23.6 Å². The van der Waals surface area contributed by atoms with Gasteiger partial charge in [0.1, 0.15) is 18.0 Å². The molecule has 3 aromatic rings. The number of carbonyl (C=O) groups excluding carboxylic acids is 1. The molecule has 2 N–H and O–H groups in total. The summed E-state index contributed by atoms with van der Waals surface area (Å²) < 4.78 is 11.3. The van der Waals surface area contributed by atoms with Crippen LogP contribution in [-0.2, 0) is 11.3 Å². The number of anilines is 1. The van der Waals surface area contributed by atoms with E-state index < -0.39 is 5.60 Å². The number of esters is 1. The van der Waals surface area contributed by atoms with Crippen molar-refractivity contribution in [2.45, 2.75) is 33.0 Å². The lowest BCUT2D eigenvalue weighted by atomic mass is 10.0. The molecule has 0 radical (unpaired) electrons. The summed E-state index contributed by atoms with van der Waals surface area (Å²) in [5, 5.41) is 0. The van der Waals surface area contributed by atoms with E-state index in [-0.39, 0.29) is 5.97 Å². The summed E-state index contributed by atoms with van der Waals surface area (Å²) >= 11 is 0. The molecule has 3 aromatic carbocycles. The van der Waals surface area contributed by atoms with E-state index in [1.165, 1.54) is 0 Å². The Morgan fingerprint density at radius 2 is 1.57 bits per heavy atom. The molecular formula is C24H25NO3. The lowest BCUT2D eigenvalue weighted by Gasteiger charge is -2.19. The number of hydrogen-bond acceptors (Lipinski definition) is 4. The third-order valence-electron chi connectivity index (χ3n) is 4.03. The average molecular weight is 375 g/mol. The van der Waals surface area contributed by atoms with Crippen LogP contribution in [0.25, 0.3) is 11.1 Å². The second-order valence-corrected chi connectivity index (χ2v) is 7.64. The summed E-state index contributed by atoms with van der Waals surface area (Å²) in [5.74, 6) is 0.369. The Bertz CT molecular complexity index is 942. The molecule has 0 atom stereocenters. The third kappa shape index (κ3) is 5.36. The molecule has 0 fully saturated rings. The summed E-state index contributed by atoms with van der Waals surface area (Å²) in [4.78, 5) is 12.2. The van der Waals surface area contributed by atoms with Crippen LogP contribution < -0.4 is 10.5 Å². The highest BCUT2D eigenvalue weighted by molar-refractivity contribution is 5.90. The fourth-order valence-corrected chi connectivity index (χ4v) is 2.75. The molecule has 0 aliphatic heterocycles. The van der Waals surface area contributed by atoms with E-state index in [4.69, 9.17) is 15.2 Å². The van der Waals surface area contributed by atoms with Gasteiger partial charge >= 0.3 is 5.97 Å². The number of nitrogen functional groups attached to an aromatic ring is 1. The van der Waals surface area contributed by atoms with E-state index in [1.807, 2.05) is 81.4 Å². The van der Waals surface area contributed by atoms with E-state index in [9.17, 15) is 4.79 Å². The summed E-state index contributed by atoms with van der Waals surface area (Å²) in [7, 11) is 0. The van der Waals surface area contributed by atoms with Gasteiger partial charge in [0.05, 0.1) is 5.56 Å². The predicted molar refractivity (Wildman–Crippen MR) is 112 cm³/mol. The van der Waals surface area contributed by atoms with Gasteiger partial charge in [0.25, 0.3) is 0 Å². The lowest BCUT2D eigenvalue weighted by molar-refractivity contribution is 0.00695. The first-order chi connectivity index (χ1) is 13.3. The summed E-state index contributed by atoms with van der Waals surface area (Å²) in [6.45, 7) is 6.02. The van der Waals surface area contributed by atoms with Crippen molar-refractivity contribution in [1.82, 2.24) is 0 Å². The molecule has 144 valence electrons. The SMILES string of the molecule is CC(C)(C)OC(=O)c1ccc(-c2cc(N)cc(OCc3ccccc3)c2)cc1. The average Bonchev–Trinajstić information content (AvgIpc) is 2.65. The van der Waals surface area contributed by atoms with Gasteiger partial charge in [-0.1, -0.05) is 42.5 Å². The molecule has 28 heavy (non-hydrogen) atoms. The maximum atomic E-state index is 12.2. The minimum atomic E-state index is -0.519. The number of ether oxygens (including phenoxy) is 2. The van der Waals surface area contributed by atoms with Crippen LogP contribution in [0.2, 0.25) is 0 Å². The molecule has 0 amide bonds. The van der Waals surface area contributed by atoms with Crippen LogP contribution in [0, 0.1) is 0 Å². The van der Waals surface area contributed by atoms with Crippen LogP contribution in [0.4, 0.5) is 5.69 Å². The Kier molecular flexibility index (Phi) is 5.69. The van der Waals surface area contributed by atoms with E-state index in [0.717, 1.165) is 16.7 Å². The van der Waals surface area contributed by atoms with Crippen LogP contribution in [0.1, 0.15) is 36.7 Å². The third-order valence-corrected chi connectivity index (χ3v) is 4.03. The molecular weight excluding hydrogens is 350 g/mol. The van der Waals surface area contributed by atoms with Crippen LogP contribution in [-0.4, -0.2) is 11.6 Å². The van der Waals surface area contributed by atoms with Gasteiger partial charge in [-0.05, 0) is 61.7 Å². The van der Waals surface area contributed by atoms with E-state index in [2.05, 4.69) is 0 Å². The molecule has 4 heteroatoms. The summed E-state index contributed by atoms with van der Waals surface area (Å²) in [5.41, 5.74) is 9.65. The lowest BCUT2D eigenvalue weighted by Crippen LogP contribution is -2.23. The van der Waals surface area contributed by atoms with Crippen LogP contribution in [0.5, 0.6) is 5.75 Å². The number of benzene rings is 3. The van der Waals surface area contributed by atoms with Gasteiger partial charge in [0.15, 0.2) is 0 Å². The standard InChI is InChI=1S/C24H25NO3/c1-24(2,3)28-23(26)19-11-9-18(10-12-19)20-13-21(25)15-22(14-20)27-16-17-7-5-4-6-8-17/h4-15H,16,25H2,1-3H3. The zero-order valence-corrected chi connectivity index (χ0v) is 16.4. The van der Waals surface area contributed by atoms with Crippen LogP contribution in [0.3, 0.4) is 0 Å². The number of hydrogen-bond donors (Lipinski definition) is 1. The smallest absolute Gasteiger partial charge is 0.338 e. The molecule has 0 bridgehead atoms. The van der Waals surface area contributed by atoms with Crippen molar-refractivity contribution in [2.75, 3.05) is 5.73 Å². The highest BCUT2D eigenvalue weighted by atomic mass is 16.6. The molecule has 4 nitrogen and oxygen atoms in total. The molecule has 0 aliphatic carbocycles. The zero-order chi connectivity index (χ0) is 20.1. The molecule has 0 saturated carbocycles. The van der Waals surface area contributed by atoms with E-state index >= 15 is 0 Å². The Hall–Kier alpha value is -3.27. The second kappa shape index (κ2) is 8.17. The minimum absolute atomic E-state index is 0.335. The van der Waals surface area contributed by atoms with Gasteiger partial charge in [-0.15, -0.1) is 0 Å². The maximum Gasteiger partial charge on any atom is 0.338 e. The first kappa shape index (κ1) is 19.5. The topological polar surface area (TPSA) is 61.5 Å². The highest BCUT2D eigenvalue weighted by Crippen LogP contribution is 2.28. The molecule has 0 spiro atoms.